The lowest BCUT2D eigenvalue weighted by molar-refractivity contribution is -0.149. The third-order valence-corrected chi connectivity index (χ3v) is 6.50. The highest BCUT2D eigenvalue weighted by Crippen LogP contribution is 2.23. The molecule has 3 rings (SSSR count). The Morgan fingerprint density at radius 1 is 1.17 bits per heavy atom. The summed E-state index contributed by atoms with van der Waals surface area (Å²) in [5.41, 5.74) is 1.59. The van der Waals surface area contributed by atoms with Crippen LogP contribution in [-0.4, -0.2) is 44.8 Å². The van der Waals surface area contributed by atoms with Crippen molar-refractivity contribution in [1.82, 2.24) is 4.90 Å². The average Bonchev–Trinajstić information content (AvgIpc) is 2.73. The molecule has 0 N–H and O–H groups in total. The van der Waals surface area contributed by atoms with Crippen molar-refractivity contribution in [2.75, 3.05) is 19.7 Å². The van der Waals surface area contributed by atoms with Gasteiger partial charge in [-0.25, -0.2) is 0 Å². The van der Waals surface area contributed by atoms with E-state index in [0.717, 1.165) is 12.0 Å². The Labute approximate surface area is 182 Å². The highest BCUT2D eigenvalue weighted by atomic mass is 35.5. The maximum absolute atomic E-state index is 13.0. The number of halogens is 1. The number of ether oxygens (including phenoxy) is 1. The lowest BCUT2D eigenvalue weighted by Crippen LogP contribution is -2.43. The van der Waals surface area contributed by atoms with E-state index in [1.165, 1.54) is 0 Å². The van der Waals surface area contributed by atoms with Crippen molar-refractivity contribution in [3.8, 4) is 0 Å². The van der Waals surface area contributed by atoms with Gasteiger partial charge in [-0.1, -0.05) is 29.3 Å². The molecule has 8 heteroatoms. The first-order valence-electron chi connectivity index (χ1n) is 9.89. The number of likely N-dealkylation sites (tertiary alicyclic amines) is 1. The fourth-order valence-corrected chi connectivity index (χ4v) is 4.55. The van der Waals surface area contributed by atoms with E-state index in [1.807, 2.05) is 11.8 Å². The van der Waals surface area contributed by atoms with Crippen molar-refractivity contribution in [3.63, 3.8) is 0 Å². The quantitative estimate of drug-likeness (QED) is 0.391. The molecule has 30 heavy (non-hydrogen) atoms. The predicted octanol–water partition coefficient (Wildman–Crippen LogP) is 4.06. The Bertz CT molecular complexity index is 1020. The van der Waals surface area contributed by atoms with Gasteiger partial charge in [-0.3, -0.25) is 4.79 Å². The van der Waals surface area contributed by atoms with Gasteiger partial charge in [0, 0.05) is 23.7 Å². The third kappa shape index (κ3) is 5.40. The molecule has 6 nitrogen and oxygen atoms in total. The summed E-state index contributed by atoms with van der Waals surface area (Å²) in [7, 11) is -3.93. The zero-order valence-corrected chi connectivity index (χ0v) is 18.6. The molecule has 0 amide bonds. The number of hydrogen-bond donors (Lipinski definition) is 0. The molecule has 0 aliphatic carbocycles. The second-order valence-corrected chi connectivity index (χ2v) is 9.29. The summed E-state index contributed by atoms with van der Waals surface area (Å²) in [6.45, 7) is 4.93. The maximum atomic E-state index is 13.0. The fraction of sp³-hybridized carbons (Fsp3) is 0.364. The third-order valence-electron chi connectivity index (χ3n) is 4.97. The standard InChI is InChI=1S/C22H25ClN2O4S/c1-3-29-22(26)18-5-4-14-25(15-18)21(17-8-10-19(23)11-9-17)24-30(27,28)20-12-6-16(2)7-13-20/h6-13,18H,3-5,14-15H2,1-2H3/t18-/m0/s1. The maximum Gasteiger partial charge on any atom is 0.310 e. The Kier molecular flexibility index (Phi) is 7.15. The number of hydrogen-bond acceptors (Lipinski definition) is 4. The summed E-state index contributed by atoms with van der Waals surface area (Å²) < 4.78 is 35.4. The number of aryl methyl sites for hydroxylation is 1. The summed E-state index contributed by atoms with van der Waals surface area (Å²) in [4.78, 5) is 14.2. The number of esters is 1. The molecule has 0 unspecified atom stereocenters. The fourth-order valence-electron chi connectivity index (χ4n) is 3.39. The minimum atomic E-state index is -3.93. The molecule has 1 atom stereocenters. The highest BCUT2D eigenvalue weighted by Gasteiger charge is 2.30. The Morgan fingerprint density at radius 3 is 2.47 bits per heavy atom. The van der Waals surface area contributed by atoms with Crippen LogP contribution in [0.3, 0.4) is 0 Å². The van der Waals surface area contributed by atoms with Crippen LogP contribution < -0.4 is 0 Å². The van der Waals surface area contributed by atoms with E-state index in [1.54, 1.807) is 55.5 Å². The summed E-state index contributed by atoms with van der Waals surface area (Å²) >= 11 is 6.01. The van der Waals surface area contributed by atoms with Crippen LogP contribution in [0.1, 0.15) is 30.9 Å². The van der Waals surface area contributed by atoms with Crippen molar-refractivity contribution in [3.05, 3.63) is 64.7 Å². The van der Waals surface area contributed by atoms with Crippen LogP contribution in [0.25, 0.3) is 0 Å². The van der Waals surface area contributed by atoms with Gasteiger partial charge >= 0.3 is 5.97 Å². The second kappa shape index (κ2) is 9.62. The van der Waals surface area contributed by atoms with Gasteiger partial charge in [-0.15, -0.1) is 4.40 Å². The minimum absolute atomic E-state index is 0.124. The molecule has 1 aliphatic rings. The number of nitrogens with zero attached hydrogens (tertiary/aromatic N) is 2. The molecule has 1 fully saturated rings. The van der Waals surface area contributed by atoms with Crippen LogP contribution in [0, 0.1) is 12.8 Å². The summed E-state index contributed by atoms with van der Waals surface area (Å²) in [6, 6.07) is 13.4. The number of sulfonamides is 1. The minimum Gasteiger partial charge on any atom is -0.466 e. The molecule has 1 saturated heterocycles. The van der Waals surface area contributed by atoms with Gasteiger partial charge < -0.3 is 9.64 Å². The smallest absolute Gasteiger partial charge is 0.310 e. The van der Waals surface area contributed by atoms with Gasteiger partial charge in [0.15, 0.2) is 0 Å². The molecule has 0 radical (unpaired) electrons. The van der Waals surface area contributed by atoms with Crippen LogP contribution in [0.4, 0.5) is 0 Å². The molecule has 0 spiro atoms. The first-order valence-corrected chi connectivity index (χ1v) is 11.7. The lowest BCUT2D eigenvalue weighted by atomic mass is 9.97. The largest absolute Gasteiger partial charge is 0.466 e. The van der Waals surface area contributed by atoms with Gasteiger partial charge in [0.25, 0.3) is 10.0 Å². The van der Waals surface area contributed by atoms with E-state index in [9.17, 15) is 13.2 Å². The molecule has 1 aliphatic heterocycles. The van der Waals surface area contributed by atoms with Crippen LogP contribution in [0.15, 0.2) is 57.8 Å². The molecule has 2 aromatic carbocycles. The summed E-state index contributed by atoms with van der Waals surface area (Å²) in [6.07, 6.45) is 1.44. The number of benzene rings is 2. The zero-order valence-electron chi connectivity index (χ0n) is 17.0. The topological polar surface area (TPSA) is 76.0 Å². The van der Waals surface area contributed by atoms with E-state index in [0.29, 0.717) is 42.5 Å². The van der Waals surface area contributed by atoms with Gasteiger partial charge in [0.05, 0.1) is 17.4 Å². The molecular formula is C22H25ClN2O4S. The normalized spacial score (nSPS) is 17.6. The SMILES string of the molecule is CCOC(=O)[C@H]1CCCN(C(=NS(=O)(=O)c2ccc(C)cc2)c2ccc(Cl)cc2)C1. The predicted molar refractivity (Wildman–Crippen MR) is 117 cm³/mol. The Hall–Kier alpha value is -2.38. The van der Waals surface area contributed by atoms with Crippen LogP contribution in [0.2, 0.25) is 5.02 Å². The molecular weight excluding hydrogens is 424 g/mol. The van der Waals surface area contributed by atoms with Crippen LogP contribution >= 0.6 is 11.6 Å². The summed E-state index contributed by atoms with van der Waals surface area (Å²) in [5, 5.41) is 0.544. The van der Waals surface area contributed by atoms with E-state index < -0.39 is 10.0 Å². The van der Waals surface area contributed by atoms with Crippen LogP contribution in [0.5, 0.6) is 0 Å². The number of amidine groups is 1. The summed E-state index contributed by atoms with van der Waals surface area (Å²) in [5.74, 6) is -0.279. The van der Waals surface area contributed by atoms with Crippen molar-refractivity contribution in [2.24, 2.45) is 10.3 Å². The van der Waals surface area contributed by atoms with E-state index in [2.05, 4.69) is 4.40 Å². The van der Waals surface area contributed by atoms with Crippen LogP contribution in [-0.2, 0) is 19.6 Å². The molecule has 160 valence electrons. The molecule has 2 aromatic rings. The Morgan fingerprint density at radius 2 is 1.83 bits per heavy atom. The number of carbonyl (C=O) groups is 1. The zero-order chi connectivity index (χ0) is 21.7. The number of rotatable bonds is 5. The average molecular weight is 449 g/mol. The highest BCUT2D eigenvalue weighted by molar-refractivity contribution is 7.90. The van der Waals surface area contributed by atoms with E-state index in [4.69, 9.17) is 16.3 Å². The molecule has 1 heterocycles. The van der Waals surface area contributed by atoms with Gasteiger partial charge in [0.1, 0.15) is 5.84 Å². The Balaban J connectivity index is 2.00. The monoisotopic (exact) mass is 448 g/mol. The number of piperidine rings is 1. The first-order chi connectivity index (χ1) is 14.3. The van der Waals surface area contributed by atoms with Crippen molar-refractivity contribution >= 4 is 33.4 Å². The van der Waals surface area contributed by atoms with Crippen molar-refractivity contribution in [2.45, 2.75) is 31.6 Å². The second-order valence-electron chi connectivity index (χ2n) is 7.25. The van der Waals surface area contributed by atoms with Crippen molar-refractivity contribution < 1.29 is 17.9 Å². The molecule has 0 bridgehead atoms. The van der Waals surface area contributed by atoms with E-state index >= 15 is 0 Å². The number of carbonyl (C=O) groups excluding carboxylic acids is 1. The van der Waals surface area contributed by atoms with Crippen molar-refractivity contribution in [1.29, 1.82) is 0 Å². The van der Waals surface area contributed by atoms with E-state index in [-0.39, 0.29) is 16.8 Å². The molecule has 0 saturated carbocycles. The van der Waals surface area contributed by atoms with Gasteiger partial charge in [0.2, 0.25) is 0 Å². The van der Waals surface area contributed by atoms with Gasteiger partial charge in [-0.05, 0) is 63.1 Å². The first kappa shape index (κ1) is 22.3. The lowest BCUT2D eigenvalue weighted by Gasteiger charge is -2.33. The van der Waals surface area contributed by atoms with Gasteiger partial charge in [-0.2, -0.15) is 8.42 Å². The molecule has 0 aromatic heterocycles.